The Labute approximate surface area is 327 Å². The van der Waals surface area contributed by atoms with Crippen LogP contribution in [0.1, 0.15) is 109 Å². The van der Waals surface area contributed by atoms with Gasteiger partial charge in [0.25, 0.3) is 5.91 Å². The first-order valence-electron chi connectivity index (χ1n) is 20.0. The molecule has 1 spiro atoms. The third-order valence-electron chi connectivity index (χ3n) is 13.0. The molecular weight excluding hydrogens is 741 g/mol. The van der Waals surface area contributed by atoms with Gasteiger partial charge in [-0.2, -0.15) is 0 Å². The summed E-state index contributed by atoms with van der Waals surface area (Å²) in [5.74, 6) is -1.28. The van der Waals surface area contributed by atoms with Crippen molar-refractivity contribution in [3.8, 4) is 11.6 Å². The van der Waals surface area contributed by atoms with E-state index in [4.69, 9.17) is 19.2 Å². The van der Waals surface area contributed by atoms with E-state index in [1.54, 1.807) is 20.1 Å². The van der Waals surface area contributed by atoms with Gasteiger partial charge in [0, 0.05) is 24.0 Å². The predicted molar refractivity (Wildman–Crippen MR) is 204 cm³/mol. The molecule has 0 radical (unpaired) electrons. The number of fused-ring (bicyclic) bond motifs is 5. The predicted octanol–water partition coefficient (Wildman–Crippen LogP) is 4.04. The van der Waals surface area contributed by atoms with E-state index in [1.165, 1.54) is 4.90 Å². The number of ether oxygens (including phenoxy) is 3. The molecule has 3 N–H and O–H groups in total. The molecule has 6 aliphatic rings. The van der Waals surface area contributed by atoms with Gasteiger partial charge in [-0.15, -0.1) is 0 Å². The standard InChI is InChI=1S/C40H52N6O9S/c1-24-32-26(31-27(41-24)13-14-30(43-31)53-4)15-18-39(54-32)22-29-33(47)44-40(35(49)45-56(51,52)38(3)19-20-38)21-25(40)11-8-6-5-7-9-12-28(34(48)46(29)23-39)42-36(50)55-37(2)16-10-17-37/h8,11,13-14,25,28-29H,5-7,9-10,12,15-23H2,1-4H3,(H,42,50)(H,44,47)(H,45,49). The summed E-state index contributed by atoms with van der Waals surface area (Å²) in [6.07, 6.45) is 11.0. The van der Waals surface area contributed by atoms with Gasteiger partial charge < -0.3 is 29.7 Å². The highest BCUT2D eigenvalue weighted by Crippen LogP contribution is 2.49. The third kappa shape index (κ3) is 6.95. The zero-order chi connectivity index (χ0) is 39.7. The summed E-state index contributed by atoms with van der Waals surface area (Å²) >= 11 is 0. The molecule has 0 aromatic carbocycles. The number of carbonyl (C=O) groups is 4. The van der Waals surface area contributed by atoms with Crippen molar-refractivity contribution in [3.63, 3.8) is 0 Å². The van der Waals surface area contributed by atoms with Gasteiger partial charge in [-0.25, -0.2) is 23.2 Å². The minimum Gasteiger partial charge on any atom is -0.483 e. The second-order valence-electron chi connectivity index (χ2n) is 17.3. The number of aromatic nitrogens is 2. The summed E-state index contributed by atoms with van der Waals surface area (Å²) in [7, 11) is -2.45. The number of carbonyl (C=O) groups excluding carboxylic acids is 4. The fourth-order valence-electron chi connectivity index (χ4n) is 8.82. The monoisotopic (exact) mass is 792 g/mol. The van der Waals surface area contributed by atoms with Crippen LogP contribution in [0.3, 0.4) is 0 Å². The Balaban J connectivity index is 1.13. The molecule has 8 rings (SSSR count). The Morgan fingerprint density at radius 3 is 2.52 bits per heavy atom. The molecule has 56 heavy (non-hydrogen) atoms. The maximum Gasteiger partial charge on any atom is 0.408 e. The number of allylic oxidation sites excluding steroid dienone is 1. The van der Waals surface area contributed by atoms with Crippen LogP contribution in [0.15, 0.2) is 24.3 Å². The fraction of sp³-hybridized carbons (Fsp3) is 0.650. The lowest BCUT2D eigenvalue weighted by Gasteiger charge is -2.38. The molecule has 5 unspecified atom stereocenters. The Hall–Kier alpha value is -4.47. The molecule has 15 nitrogen and oxygen atoms in total. The molecule has 5 heterocycles. The quantitative estimate of drug-likeness (QED) is 0.358. The van der Waals surface area contributed by atoms with Crippen LogP contribution in [-0.2, 0) is 35.6 Å². The van der Waals surface area contributed by atoms with Crippen molar-refractivity contribution < 1.29 is 41.8 Å². The minimum atomic E-state index is -3.99. The van der Waals surface area contributed by atoms with Crippen LogP contribution in [0.4, 0.5) is 4.79 Å². The van der Waals surface area contributed by atoms with Gasteiger partial charge in [0.2, 0.25) is 27.7 Å². The van der Waals surface area contributed by atoms with E-state index in [1.807, 2.05) is 32.1 Å². The highest BCUT2D eigenvalue weighted by atomic mass is 32.2. The van der Waals surface area contributed by atoms with E-state index in [-0.39, 0.29) is 19.4 Å². The first-order valence-corrected chi connectivity index (χ1v) is 21.5. The molecule has 2 aromatic rings. The van der Waals surface area contributed by atoms with E-state index < -0.39 is 73.3 Å². The van der Waals surface area contributed by atoms with Gasteiger partial charge in [-0.1, -0.05) is 25.0 Å². The number of methoxy groups -OCH3 is 1. The van der Waals surface area contributed by atoms with Crippen LogP contribution in [-0.4, -0.2) is 94.3 Å². The average Bonchev–Trinajstić information content (AvgIpc) is 4.04. The molecule has 0 bridgehead atoms. The highest BCUT2D eigenvalue weighted by molar-refractivity contribution is 7.91. The highest BCUT2D eigenvalue weighted by Gasteiger charge is 2.64. The Bertz CT molecular complexity index is 2120. The van der Waals surface area contributed by atoms with Gasteiger partial charge in [0.15, 0.2) is 0 Å². The van der Waals surface area contributed by atoms with E-state index in [0.717, 1.165) is 37.7 Å². The van der Waals surface area contributed by atoms with Crippen LogP contribution < -0.4 is 24.8 Å². The van der Waals surface area contributed by atoms with Crippen LogP contribution in [0.2, 0.25) is 0 Å². The summed E-state index contributed by atoms with van der Waals surface area (Å²) in [6.45, 7) is 5.36. The molecule has 2 aromatic heterocycles. The zero-order valence-corrected chi connectivity index (χ0v) is 33.4. The van der Waals surface area contributed by atoms with Crippen molar-refractivity contribution in [1.82, 2.24) is 30.2 Å². The number of nitrogens with zero attached hydrogens (tertiary/aromatic N) is 3. The van der Waals surface area contributed by atoms with E-state index in [0.29, 0.717) is 73.3 Å². The molecule has 5 atom stereocenters. The van der Waals surface area contributed by atoms with Gasteiger partial charge >= 0.3 is 6.09 Å². The van der Waals surface area contributed by atoms with E-state index >= 15 is 0 Å². The van der Waals surface area contributed by atoms with Crippen molar-refractivity contribution in [2.24, 2.45) is 5.92 Å². The van der Waals surface area contributed by atoms with Crippen molar-refractivity contribution in [3.05, 3.63) is 35.5 Å². The second kappa shape index (κ2) is 13.9. The lowest BCUT2D eigenvalue weighted by Crippen LogP contribution is -2.59. The number of pyridine rings is 2. The molecule has 4 amide bonds. The maximum atomic E-state index is 14.8. The SMILES string of the molecule is COc1ccc2nc(C)c3c(c2n1)CCC1(CC2C(=O)NC4(C(=O)NS(=O)(=O)C5(C)CC5)CC4C=CCCCCCC(NC(=O)OC4(C)CCC4)C(=O)N2C1)O3. The number of aryl methyl sites for hydroxylation is 2. The smallest absolute Gasteiger partial charge is 0.408 e. The summed E-state index contributed by atoms with van der Waals surface area (Å²) in [4.78, 5) is 67.6. The van der Waals surface area contributed by atoms with E-state index in [2.05, 4.69) is 20.3 Å². The normalized spacial score (nSPS) is 30.6. The number of alkyl carbamates (subject to hydrolysis) is 1. The Morgan fingerprint density at radius 1 is 1.02 bits per heavy atom. The van der Waals surface area contributed by atoms with Gasteiger partial charge in [-0.05, 0) is 97.5 Å². The molecule has 1 saturated heterocycles. The molecule has 3 aliphatic carbocycles. The van der Waals surface area contributed by atoms with Crippen LogP contribution >= 0.6 is 0 Å². The van der Waals surface area contributed by atoms with Crippen molar-refractivity contribution in [2.75, 3.05) is 13.7 Å². The lowest BCUT2D eigenvalue weighted by molar-refractivity contribution is -0.141. The maximum absolute atomic E-state index is 14.8. The number of hydrogen-bond acceptors (Lipinski definition) is 11. The van der Waals surface area contributed by atoms with Crippen LogP contribution in [0.5, 0.6) is 11.6 Å². The topological polar surface area (TPSA) is 195 Å². The average molecular weight is 793 g/mol. The Morgan fingerprint density at radius 2 is 1.80 bits per heavy atom. The molecule has 4 fully saturated rings. The number of sulfonamides is 1. The van der Waals surface area contributed by atoms with Crippen molar-refractivity contribution in [2.45, 2.75) is 144 Å². The van der Waals surface area contributed by atoms with Gasteiger partial charge in [0.05, 0.1) is 35.1 Å². The number of rotatable bonds is 6. The zero-order valence-electron chi connectivity index (χ0n) is 32.6. The van der Waals surface area contributed by atoms with Gasteiger partial charge in [-0.3, -0.25) is 19.1 Å². The van der Waals surface area contributed by atoms with Crippen LogP contribution in [0.25, 0.3) is 11.0 Å². The number of amides is 4. The largest absolute Gasteiger partial charge is 0.483 e. The first kappa shape index (κ1) is 38.4. The van der Waals surface area contributed by atoms with Crippen molar-refractivity contribution >= 4 is 44.9 Å². The third-order valence-corrected chi connectivity index (χ3v) is 15.2. The van der Waals surface area contributed by atoms with Crippen LogP contribution in [0, 0.1) is 12.8 Å². The molecule has 16 heteroatoms. The molecule has 3 saturated carbocycles. The molecule has 3 aliphatic heterocycles. The minimum absolute atomic E-state index is 0.0343. The number of nitrogens with one attached hydrogen (secondary N) is 3. The summed E-state index contributed by atoms with van der Waals surface area (Å²) in [6, 6.07) is 1.52. The molecule has 302 valence electrons. The van der Waals surface area contributed by atoms with Gasteiger partial charge in [0.1, 0.15) is 34.6 Å². The number of hydrogen-bond donors (Lipinski definition) is 3. The summed E-state index contributed by atoms with van der Waals surface area (Å²) in [5, 5.41) is 5.80. The fourth-order valence-corrected chi connectivity index (χ4v) is 10.1. The van der Waals surface area contributed by atoms with E-state index in [9.17, 15) is 27.6 Å². The second-order valence-corrected chi connectivity index (χ2v) is 19.5. The van der Waals surface area contributed by atoms with Crippen molar-refractivity contribution in [1.29, 1.82) is 0 Å². The first-order chi connectivity index (χ1) is 26.6. The Kier molecular flexibility index (Phi) is 9.51. The molecular formula is C40H52N6O9S. The summed E-state index contributed by atoms with van der Waals surface area (Å²) in [5.41, 5.74) is -0.265. The summed E-state index contributed by atoms with van der Waals surface area (Å²) < 4.78 is 45.7. The lowest BCUT2D eigenvalue weighted by atomic mass is 9.82.